The van der Waals surface area contributed by atoms with E-state index in [1.807, 2.05) is 6.20 Å². The molecule has 2 saturated heterocycles. The Morgan fingerprint density at radius 3 is 2.52 bits per heavy atom. The smallest absolute Gasteiger partial charge is 0.259 e. The monoisotopic (exact) mass is 868 g/mol. The van der Waals surface area contributed by atoms with Crippen molar-refractivity contribution in [3.8, 4) is 11.3 Å². The Hall–Kier alpha value is -3.48. The summed E-state index contributed by atoms with van der Waals surface area (Å²) in [6.07, 6.45) is 12.6. The van der Waals surface area contributed by atoms with Crippen molar-refractivity contribution >= 4 is 34.3 Å². The Bertz CT molecular complexity index is 1970. The highest BCUT2D eigenvalue weighted by molar-refractivity contribution is 7.10. The van der Waals surface area contributed by atoms with Gasteiger partial charge in [-0.25, -0.2) is 10.4 Å². The molecule has 2 amide bonds. The summed E-state index contributed by atoms with van der Waals surface area (Å²) in [5, 5.41) is 11.6. The molecular weight excluding hydrogens is 791 g/mol. The largest absolute Gasteiger partial charge is 0.375 e. The minimum Gasteiger partial charge on any atom is -0.375 e. The summed E-state index contributed by atoms with van der Waals surface area (Å²) in [5.74, 6) is 1.06. The van der Waals surface area contributed by atoms with Crippen molar-refractivity contribution in [3.63, 3.8) is 0 Å². The van der Waals surface area contributed by atoms with E-state index in [0.717, 1.165) is 124 Å². The fourth-order valence-corrected chi connectivity index (χ4v) is 10.7. The predicted octanol–water partition coefficient (Wildman–Crippen LogP) is 9.65. The first-order valence-corrected chi connectivity index (χ1v) is 24.8. The van der Waals surface area contributed by atoms with Gasteiger partial charge in [0.15, 0.2) is 0 Å². The summed E-state index contributed by atoms with van der Waals surface area (Å²) in [4.78, 5) is 41.5. The van der Waals surface area contributed by atoms with E-state index in [1.165, 1.54) is 22.3 Å². The van der Waals surface area contributed by atoms with Crippen molar-refractivity contribution in [3.05, 3.63) is 69.3 Å². The normalized spacial score (nSPS) is 20.2. The van der Waals surface area contributed by atoms with Gasteiger partial charge in [-0.2, -0.15) is 0 Å². The standard InChI is InChI=1S/C51H77N7O3S/c1-10-34(4)46(40-20-17-24-53-47(40)36(6)61-9)42(30-51(7,8)11-2)41-28-39(22-21-35(41)5)44-33-62-45(55-44)29-43(50(60)58-26-16-15-25-54-58)56-49(59)48(38-18-13-14-19-38)57-27-23-37(32-57)31-52-12-3/h17,20-22,24,28,33-34,36-38,43,48,52,54H,10-16,18-19,23,25-27,29-32H2,1-9H3,(H,56,59)/b46-42+. The van der Waals surface area contributed by atoms with E-state index in [9.17, 15) is 9.59 Å². The van der Waals surface area contributed by atoms with Crippen LogP contribution in [0, 0.1) is 30.1 Å². The summed E-state index contributed by atoms with van der Waals surface area (Å²) < 4.78 is 5.88. The summed E-state index contributed by atoms with van der Waals surface area (Å²) in [6, 6.07) is 10.1. The number of likely N-dealkylation sites (tertiary alicyclic amines) is 1. The molecule has 340 valence electrons. The minimum absolute atomic E-state index is 0.000542. The molecule has 1 aromatic carbocycles. The number of hydrogen-bond acceptors (Lipinski definition) is 9. The number of amides is 2. The van der Waals surface area contributed by atoms with E-state index in [0.29, 0.717) is 24.8 Å². The lowest BCUT2D eigenvalue weighted by atomic mass is 9.75. The van der Waals surface area contributed by atoms with Gasteiger partial charge in [-0.1, -0.05) is 79.0 Å². The molecule has 6 rings (SSSR count). The number of thiazole rings is 1. The number of carbonyl (C=O) groups is 2. The lowest BCUT2D eigenvalue weighted by molar-refractivity contribution is -0.141. The summed E-state index contributed by atoms with van der Waals surface area (Å²) in [7, 11) is 1.76. The Morgan fingerprint density at radius 2 is 1.82 bits per heavy atom. The van der Waals surface area contributed by atoms with Crippen molar-refractivity contribution in [1.82, 2.24) is 35.9 Å². The van der Waals surface area contributed by atoms with E-state index in [4.69, 9.17) is 14.7 Å². The molecule has 0 bridgehead atoms. The molecule has 3 fully saturated rings. The van der Waals surface area contributed by atoms with Crippen LogP contribution in [0.4, 0.5) is 0 Å². The van der Waals surface area contributed by atoms with Crippen molar-refractivity contribution in [1.29, 1.82) is 0 Å². The van der Waals surface area contributed by atoms with Gasteiger partial charge in [0, 0.05) is 55.9 Å². The second-order valence-electron chi connectivity index (χ2n) is 19.2. The number of nitrogens with zero attached hydrogens (tertiary/aromatic N) is 4. The van der Waals surface area contributed by atoms with Crippen LogP contribution in [0.1, 0.15) is 146 Å². The lowest BCUT2D eigenvalue weighted by Gasteiger charge is -2.35. The molecule has 10 nitrogen and oxygen atoms in total. The van der Waals surface area contributed by atoms with Crippen molar-refractivity contribution in [2.24, 2.45) is 23.2 Å². The third-order valence-corrected chi connectivity index (χ3v) is 15.1. The number of carbonyl (C=O) groups excluding carboxylic acids is 2. The fourth-order valence-electron chi connectivity index (χ4n) is 9.87. The number of allylic oxidation sites excluding steroid dienone is 2. The van der Waals surface area contributed by atoms with Gasteiger partial charge < -0.3 is 15.4 Å². The van der Waals surface area contributed by atoms with Gasteiger partial charge in [0.1, 0.15) is 6.04 Å². The summed E-state index contributed by atoms with van der Waals surface area (Å²) >= 11 is 1.58. The van der Waals surface area contributed by atoms with Crippen LogP contribution in [0.2, 0.25) is 0 Å². The molecule has 2 aromatic heterocycles. The van der Waals surface area contributed by atoms with Crippen LogP contribution in [0.5, 0.6) is 0 Å². The molecule has 5 unspecified atom stereocenters. The number of ether oxygens (including phenoxy) is 1. The Morgan fingerprint density at radius 1 is 1.03 bits per heavy atom. The zero-order chi connectivity index (χ0) is 44.4. The number of benzene rings is 1. The number of hydrazine groups is 1. The molecule has 3 N–H and O–H groups in total. The zero-order valence-electron chi connectivity index (χ0n) is 39.4. The second kappa shape index (κ2) is 22.4. The topological polar surface area (TPSA) is 112 Å². The fraction of sp³-hybridized carbons (Fsp3) is 0.647. The first-order valence-electron chi connectivity index (χ1n) is 23.9. The number of aryl methyl sites for hydroxylation is 1. The zero-order valence-corrected chi connectivity index (χ0v) is 40.3. The summed E-state index contributed by atoms with van der Waals surface area (Å²) in [5.41, 5.74) is 12.6. The highest BCUT2D eigenvalue weighted by atomic mass is 32.1. The van der Waals surface area contributed by atoms with E-state index >= 15 is 0 Å². The Kier molecular flexibility index (Phi) is 17.4. The average Bonchev–Trinajstić information content (AvgIpc) is 4.09. The Labute approximate surface area is 377 Å². The number of rotatable bonds is 20. The van der Waals surface area contributed by atoms with E-state index in [1.54, 1.807) is 23.5 Å². The first kappa shape index (κ1) is 48.0. The van der Waals surface area contributed by atoms with Gasteiger partial charge in [-0.05, 0) is 136 Å². The number of aromatic nitrogens is 2. The molecule has 0 spiro atoms. The van der Waals surface area contributed by atoms with Crippen molar-refractivity contribution in [2.75, 3.05) is 46.4 Å². The van der Waals surface area contributed by atoms with Crippen molar-refractivity contribution < 1.29 is 14.3 Å². The first-order chi connectivity index (χ1) is 29.9. The van der Waals surface area contributed by atoms with Gasteiger partial charge in [0.05, 0.1) is 28.5 Å². The highest BCUT2D eigenvalue weighted by Crippen LogP contribution is 2.45. The minimum atomic E-state index is -0.711. The molecule has 0 radical (unpaired) electrons. The SMILES string of the molecule is CCNCC1CCN(C(C(=O)NC(Cc2nc(-c3ccc(C)c(/C(CC(C)(C)CC)=C(/c4cccnc4C(C)OC)C(C)CC)c3)cs2)C(=O)N2CCCCN2)C2CCCC2)C1. The third-order valence-electron chi connectivity index (χ3n) is 14.2. The van der Waals surface area contributed by atoms with Gasteiger partial charge in [-0.3, -0.25) is 24.5 Å². The van der Waals surface area contributed by atoms with E-state index in [-0.39, 0.29) is 35.3 Å². The van der Waals surface area contributed by atoms with Gasteiger partial charge in [-0.15, -0.1) is 11.3 Å². The van der Waals surface area contributed by atoms with Gasteiger partial charge in [0.25, 0.3) is 5.91 Å². The number of hydrogen-bond donors (Lipinski definition) is 3. The van der Waals surface area contributed by atoms with E-state index in [2.05, 4.69) is 112 Å². The van der Waals surface area contributed by atoms with Gasteiger partial charge in [0.2, 0.25) is 5.91 Å². The molecule has 4 heterocycles. The molecule has 1 aliphatic carbocycles. The lowest BCUT2D eigenvalue weighted by Crippen LogP contribution is -2.59. The van der Waals surface area contributed by atoms with Gasteiger partial charge >= 0.3 is 0 Å². The predicted molar refractivity (Wildman–Crippen MR) is 255 cm³/mol. The summed E-state index contributed by atoms with van der Waals surface area (Å²) in [6.45, 7) is 23.3. The van der Waals surface area contributed by atoms with Crippen molar-refractivity contribution in [2.45, 2.75) is 144 Å². The van der Waals surface area contributed by atoms with Crippen LogP contribution in [-0.2, 0) is 20.7 Å². The van der Waals surface area contributed by atoms with Crippen LogP contribution < -0.4 is 16.1 Å². The van der Waals surface area contributed by atoms with Crippen LogP contribution in [0.25, 0.3) is 22.4 Å². The molecule has 1 saturated carbocycles. The molecule has 5 atom stereocenters. The molecule has 11 heteroatoms. The molecule has 2 aliphatic heterocycles. The molecule has 3 aromatic rings. The second-order valence-corrected chi connectivity index (χ2v) is 20.1. The average molecular weight is 868 g/mol. The Balaban J connectivity index is 1.34. The quantitative estimate of drug-likeness (QED) is 0.103. The van der Waals surface area contributed by atoms with Crippen LogP contribution in [0.3, 0.4) is 0 Å². The van der Waals surface area contributed by atoms with Crippen LogP contribution >= 0.6 is 11.3 Å². The molecular formula is C51H77N7O3S. The van der Waals surface area contributed by atoms with Crippen LogP contribution in [0.15, 0.2) is 41.9 Å². The van der Waals surface area contributed by atoms with E-state index < -0.39 is 6.04 Å². The highest BCUT2D eigenvalue weighted by Gasteiger charge is 2.41. The third kappa shape index (κ3) is 11.8. The maximum atomic E-state index is 14.6. The maximum absolute atomic E-state index is 14.6. The number of pyridine rings is 1. The van der Waals surface area contributed by atoms with Crippen LogP contribution in [-0.4, -0.2) is 90.2 Å². The number of nitrogens with one attached hydrogen (secondary N) is 3. The molecule has 3 aliphatic rings. The number of methoxy groups -OCH3 is 1. The molecule has 62 heavy (non-hydrogen) atoms. The maximum Gasteiger partial charge on any atom is 0.259 e.